The maximum atomic E-state index is 12.0. The van der Waals surface area contributed by atoms with E-state index < -0.39 is 26.5 Å². The number of nitrogens with one attached hydrogen (secondary N) is 1. The average molecular weight is 278 g/mol. The van der Waals surface area contributed by atoms with Crippen molar-refractivity contribution in [1.82, 2.24) is 5.32 Å². The van der Waals surface area contributed by atoms with E-state index in [0.29, 0.717) is 0 Å². The van der Waals surface area contributed by atoms with Crippen molar-refractivity contribution in [3.63, 3.8) is 0 Å². The second-order valence-corrected chi connectivity index (χ2v) is 7.96. The van der Waals surface area contributed by atoms with Crippen molar-refractivity contribution >= 4 is 15.7 Å². The summed E-state index contributed by atoms with van der Waals surface area (Å²) in [6.45, 7) is 8.56. The number of rotatable bonds is 7. The molecule has 1 amide bonds. The Balaban J connectivity index is 4.64. The van der Waals surface area contributed by atoms with Crippen LogP contribution >= 0.6 is 0 Å². The molecule has 0 rings (SSSR count). The number of carbonyl (C=O) groups is 1. The molecule has 0 fully saturated rings. The van der Waals surface area contributed by atoms with Crippen LogP contribution in [0.3, 0.4) is 0 Å². The summed E-state index contributed by atoms with van der Waals surface area (Å²) in [5.41, 5.74) is 4.87. The molecule has 5 nitrogen and oxygen atoms in total. The topological polar surface area (TPSA) is 89.3 Å². The number of amides is 1. The Kier molecular flexibility index (Phi) is 6.29. The highest BCUT2D eigenvalue weighted by molar-refractivity contribution is 7.92. The number of carbonyl (C=O) groups excluding carboxylic acids is 1. The number of hydrogen-bond acceptors (Lipinski definition) is 4. The number of nitrogens with two attached hydrogens (primary N) is 1. The first-order valence-electron chi connectivity index (χ1n) is 6.30. The van der Waals surface area contributed by atoms with E-state index in [1.54, 1.807) is 13.8 Å². The van der Waals surface area contributed by atoms with Gasteiger partial charge in [-0.05, 0) is 34.1 Å². The third kappa shape index (κ3) is 6.35. The lowest BCUT2D eigenvalue weighted by Gasteiger charge is -2.22. The Morgan fingerprint density at radius 1 is 1.33 bits per heavy atom. The van der Waals surface area contributed by atoms with Gasteiger partial charge in [0.1, 0.15) is 5.25 Å². The van der Waals surface area contributed by atoms with Crippen LogP contribution in [0.4, 0.5) is 0 Å². The van der Waals surface area contributed by atoms with Crippen LogP contribution in [0.2, 0.25) is 0 Å². The van der Waals surface area contributed by atoms with Gasteiger partial charge in [-0.1, -0.05) is 13.3 Å². The quantitative estimate of drug-likeness (QED) is 0.722. The molecule has 0 aliphatic heterocycles. The fraction of sp³-hybridized carbons (Fsp3) is 0.917. The predicted molar refractivity (Wildman–Crippen MR) is 74.0 cm³/mol. The summed E-state index contributed by atoms with van der Waals surface area (Å²) in [6, 6.07) is -0.00830. The smallest absolute Gasteiger partial charge is 0.238 e. The van der Waals surface area contributed by atoms with Crippen LogP contribution in [0.1, 0.15) is 47.5 Å². The zero-order chi connectivity index (χ0) is 14.6. The molecule has 108 valence electrons. The van der Waals surface area contributed by atoms with Gasteiger partial charge in [0, 0.05) is 11.6 Å². The van der Waals surface area contributed by atoms with Gasteiger partial charge < -0.3 is 11.1 Å². The highest BCUT2D eigenvalue weighted by Crippen LogP contribution is 2.10. The van der Waals surface area contributed by atoms with Gasteiger partial charge >= 0.3 is 0 Å². The summed E-state index contributed by atoms with van der Waals surface area (Å²) in [4.78, 5) is 11.8. The van der Waals surface area contributed by atoms with E-state index in [1.165, 1.54) is 6.92 Å². The second kappa shape index (κ2) is 6.52. The molecule has 6 heteroatoms. The largest absolute Gasteiger partial charge is 0.353 e. The third-order valence-electron chi connectivity index (χ3n) is 2.59. The summed E-state index contributed by atoms with van der Waals surface area (Å²) in [5.74, 6) is -0.642. The van der Waals surface area contributed by atoms with E-state index in [-0.39, 0.29) is 11.8 Å². The monoisotopic (exact) mass is 278 g/mol. The highest BCUT2D eigenvalue weighted by Gasteiger charge is 2.32. The summed E-state index contributed by atoms with van der Waals surface area (Å²) in [6.07, 6.45) is 1.78. The van der Waals surface area contributed by atoms with Crippen molar-refractivity contribution < 1.29 is 13.2 Å². The zero-order valence-electron chi connectivity index (χ0n) is 12.0. The number of hydrogen-bond donors (Lipinski definition) is 2. The van der Waals surface area contributed by atoms with Gasteiger partial charge in [0.15, 0.2) is 9.84 Å². The summed E-state index contributed by atoms with van der Waals surface area (Å²) >= 11 is 0. The van der Waals surface area contributed by atoms with Crippen molar-refractivity contribution in [2.75, 3.05) is 5.75 Å². The van der Waals surface area contributed by atoms with Crippen molar-refractivity contribution in [1.29, 1.82) is 0 Å². The molecule has 0 bridgehead atoms. The molecule has 2 atom stereocenters. The van der Waals surface area contributed by atoms with Crippen molar-refractivity contribution in [3.8, 4) is 0 Å². The average Bonchev–Trinajstić information content (AvgIpc) is 2.12. The Labute approximate surface area is 110 Å². The van der Waals surface area contributed by atoms with Crippen LogP contribution < -0.4 is 11.1 Å². The molecular weight excluding hydrogens is 252 g/mol. The lowest BCUT2D eigenvalue weighted by atomic mass is 10.1. The van der Waals surface area contributed by atoms with Gasteiger partial charge in [0.25, 0.3) is 0 Å². The molecule has 0 radical (unpaired) electrons. The molecule has 0 heterocycles. The maximum absolute atomic E-state index is 12.0. The SMILES string of the molecule is CCCC(C)NC(=O)C(C)S(=O)(=O)CC(C)(C)N. The van der Waals surface area contributed by atoms with Gasteiger partial charge in [-0.2, -0.15) is 0 Å². The van der Waals surface area contributed by atoms with E-state index in [9.17, 15) is 13.2 Å². The van der Waals surface area contributed by atoms with Gasteiger partial charge in [0.05, 0.1) is 5.75 Å². The van der Waals surface area contributed by atoms with Crippen LogP contribution in [0.15, 0.2) is 0 Å². The molecule has 0 aromatic carbocycles. The lowest BCUT2D eigenvalue weighted by molar-refractivity contribution is -0.121. The maximum Gasteiger partial charge on any atom is 0.238 e. The lowest BCUT2D eigenvalue weighted by Crippen LogP contribution is -2.48. The molecule has 0 saturated carbocycles. The van der Waals surface area contributed by atoms with Crippen molar-refractivity contribution in [3.05, 3.63) is 0 Å². The molecule has 0 aromatic rings. The fourth-order valence-electron chi connectivity index (χ4n) is 1.67. The Bertz CT molecular complexity index is 371. The molecule has 0 saturated heterocycles. The van der Waals surface area contributed by atoms with E-state index in [1.807, 2.05) is 13.8 Å². The summed E-state index contributed by atoms with van der Waals surface area (Å²) in [7, 11) is -3.51. The Hall–Kier alpha value is -0.620. The first kappa shape index (κ1) is 17.4. The fourth-order valence-corrected chi connectivity index (χ4v) is 3.35. The summed E-state index contributed by atoms with van der Waals surface area (Å²) in [5, 5.41) is 1.66. The zero-order valence-corrected chi connectivity index (χ0v) is 12.8. The normalized spacial score (nSPS) is 16.1. The van der Waals surface area contributed by atoms with Gasteiger partial charge in [0.2, 0.25) is 5.91 Å². The van der Waals surface area contributed by atoms with Gasteiger partial charge in [-0.3, -0.25) is 4.79 Å². The molecule has 18 heavy (non-hydrogen) atoms. The minimum Gasteiger partial charge on any atom is -0.353 e. The van der Waals surface area contributed by atoms with Crippen LogP contribution in [0, 0.1) is 0 Å². The minimum absolute atomic E-state index is 0.00830. The molecule has 0 aromatic heterocycles. The first-order chi connectivity index (χ1) is 7.99. The van der Waals surface area contributed by atoms with Crippen molar-refractivity contribution in [2.24, 2.45) is 5.73 Å². The predicted octanol–water partition coefficient (Wildman–Crippen LogP) is 0.832. The van der Waals surface area contributed by atoms with Crippen molar-refractivity contribution in [2.45, 2.75) is 64.3 Å². The van der Waals surface area contributed by atoms with E-state index >= 15 is 0 Å². The van der Waals surface area contributed by atoms with Crippen LogP contribution in [0.5, 0.6) is 0 Å². The third-order valence-corrected chi connectivity index (χ3v) is 5.03. The number of sulfone groups is 1. The molecule has 0 aliphatic rings. The van der Waals surface area contributed by atoms with E-state index in [4.69, 9.17) is 5.73 Å². The molecule has 3 N–H and O–H groups in total. The molecule has 0 spiro atoms. The Morgan fingerprint density at radius 2 is 1.83 bits per heavy atom. The van der Waals surface area contributed by atoms with E-state index in [0.717, 1.165) is 12.8 Å². The minimum atomic E-state index is -3.51. The van der Waals surface area contributed by atoms with Crippen LogP contribution in [-0.4, -0.2) is 36.9 Å². The van der Waals surface area contributed by atoms with Crippen LogP contribution in [0.25, 0.3) is 0 Å². The Morgan fingerprint density at radius 3 is 2.22 bits per heavy atom. The molecule has 0 aliphatic carbocycles. The standard InChI is InChI=1S/C12H26N2O3S/c1-6-7-9(2)14-11(15)10(3)18(16,17)8-12(4,5)13/h9-10H,6-8,13H2,1-5H3,(H,14,15). The van der Waals surface area contributed by atoms with Crippen LogP contribution in [-0.2, 0) is 14.6 Å². The molecular formula is C12H26N2O3S. The highest BCUT2D eigenvalue weighted by atomic mass is 32.2. The second-order valence-electron chi connectivity index (χ2n) is 5.64. The van der Waals surface area contributed by atoms with Gasteiger partial charge in [-0.25, -0.2) is 8.42 Å². The summed E-state index contributed by atoms with van der Waals surface area (Å²) < 4.78 is 24.0. The first-order valence-corrected chi connectivity index (χ1v) is 8.02. The van der Waals surface area contributed by atoms with Gasteiger partial charge in [-0.15, -0.1) is 0 Å². The molecule has 2 unspecified atom stereocenters. The van der Waals surface area contributed by atoms with E-state index in [2.05, 4.69) is 5.32 Å².